The second-order valence-electron chi connectivity index (χ2n) is 6.41. The summed E-state index contributed by atoms with van der Waals surface area (Å²) in [7, 11) is -6.70. The second-order valence-corrected chi connectivity index (χ2v) is 9.38. The van der Waals surface area contributed by atoms with Crippen LogP contribution in [0.2, 0.25) is 0 Å². The highest BCUT2D eigenvalue weighted by molar-refractivity contribution is 7.87. The number of rotatable bonds is 6. The topological polar surface area (TPSA) is 150 Å². The third kappa shape index (κ3) is 4.88. The van der Waals surface area contributed by atoms with E-state index in [1.165, 1.54) is 30.3 Å². The van der Waals surface area contributed by atoms with Gasteiger partial charge in [-0.2, -0.15) is 16.8 Å². The molecule has 0 saturated heterocycles. The summed E-state index contributed by atoms with van der Waals surface area (Å²) in [4.78, 5) is 23.0. The van der Waals surface area contributed by atoms with Crippen molar-refractivity contribution in [2.75, 3.05) is 14.2 Å². The molecule has 168 valence electrons. The Balaban J connectivity index is 2.02. The van der Waals surface area contributed by atoms with Crippen LogP contribution in [-0.2, 0) is 29.7 Å². The molecule has 0 aliphatic rings. The zero-order valence-corrected chi connectivity index (χ0v) is 18.3. The predicted molar refractivity (Wildman–Crippen MR) is 111 cm³/mol. The number of carbonyl (C=O) groups excluding carboxylic acids is 2. The normalized spacial score (nSPS) is 11.7. The Morgan fingerprint density at radius 3 is 1.78 bits per heavy atom. The van der Waals surface area contributed by atoms with E-state index >= 15 is 0 Å². The first-order valence-electron chi connectivity index (χ1n) is 8.72. The maximum atomic E-state index is 12.8. The highest BCUT2D eigenvalue weighted by atomic mass is 32.2. The molecule has 0 aliphatic heterocycles. The number of carbonyl (C=O) groups is 2. The Bertz CT molecular complexity index is 1410. The summed E-state index contributed by atoms with van der Waals surface area (Å²) >= 11 is 0. The van der Waals surface area contributed by atoms with Gasteiger partial charge in [0.1, 0.15) is 10.6 Å². The number of hydrogen-bond acceptors (Lipinski definition) is 9. The molecule has 0 spiro atoms. The van der Waals surface area contributed by atoms with Gasteiger partial charge in [-0.05, 0) is 53.2 Å². The van der Waals surface area contributed by atoms with Crippen molar-refractivity contribution in [2.24, 2.45) is 0 Å². The lowest BCUT2D eigenvalue weighted by Crippen LogP contribution is -2.14. The quantitative estimate of drug-likeness (QED) is 0.316. The number of benzene rings is 3. The molecule has 0 heterocycles. The molecule has 0 fully saturated rings. The van der Waals surface area contributed by atoms with Crippen molar-refractivity contribution in [1.29, 1.82) is 0 Å². The van der Waals surface area contributed by atoms with Crippen LogP contribution >= 0.6 is 0 Å². The molecule has 0 unspecified atom stereocenters. The second kappa shape index (κ2) is 8.57. The van der Waals surface area contributed by atoms with Crippen LogP contribution in [0.4, 0.5) is 0 Å². The van der Waals surface area contributed by atoms with E-state index in [1.54, 1.807) is 0 Å². The van der Waals surface area contributed by atoms with Crippen LogP contribution in [0.5, 0.6) is 5.75 Å². The SMILES string of the molecule is COC(=O)c1cc(C(=O)OC)cc(S(=O)(=O)Oc2ccc3cc(S(=O)(=O)O)ccc3c2)c1. The molecule has 12 heteroatoms. The fourth-order valence-corrected chi connectivity index (χ4v) is 4.32. The third-order valence-electron chi connectivity index (χ3n) is 4.32. The molecule has 1 N–H and O–H groups in total. The average Bonchev–Trinajstić information content (AvgIpc) is 2.76. The van der Waals surface area contributed by atoms with Crippen molar-refractivity contribution in [3.63, 3.8) is 0 Å². The van der Waals surface area contributed by atoms with Gasteiger partial charge in [0, 0.05) is 0 Å². The Labute approximate surface area is 183 Å². The predicted octanol–water partition coefficient (Wildman–Crippen LogP) is 2.43. The first kappa shape index (κ1) is 23.2. The van der Waals surface area contributed by atoms with Gasteiger partial charge >= 0.3 is 22.1 Å². The first-order valence-corrected chi connectivity index (χ1v) is 11.6. The van der Waals surface area contributed by atoms with E-state index < -0.39 is 37.1 Å². The number of hydrogen-bond donors (Lipinski definition) is 1. The van der Waals surface area contributed by atoms with Crippen LogP contribution in [-0.4, -0.2) is 47.5 Å². The van der Waals surface area contributed by atoms with Crippen molar-refractivity contribution in [1.82, 2.24) is 0 Å². The highest BCUT2D eigenvalue weighted by Gasteiger charge is 2.23. The largest absolute Gasteiger partial charge is 0.465 e. The molecular formula is C20H16O10S2. The lowest BCUT2D eigenvalue weighted by atomic mass is 10.1. The lowest BCUT2D eigenvalue weighted by molar-refractivity contribution is 0.0598. The van der Waals surface area contributed by atoms with Gasteiger partial charge < -0.3 is 13.7 Å². The summed E-state index contributed by atoms with van der Waals surface area (Å²) in [6, 6.07) is 10.9. The zero-order valence-electron chi connectivity index (χ0n) is 16.6. The van der Waals surface area contributed by atoms with E-state index in [4.69, 9.17) is 8.74 Å². The maximum absolute atomic E-state index is 12.8. The Hall–Kier alpha value is -3.48. The minimum atomic E-state index is -4.49. The summed E-state index contributed by atoms with van der Waals surface area (Å²) in [5.41, 5.74) is -0.400. The first-order chi connectivity index (χ1) is 14.9. The average molecular weight is 480 g/mol. The van der Waals surface area contributed by atoms with Crippen molar-refractivity contribution >= 4 is 42.9 Å². The maximum Gasteiger partial charge on any atom is 0.339 e. The molecule has 0 aromatic heterocycles. The van der Waals surface area contributed by atoms with Gasteiger partial charge in [0.2, 0.25) is 0 Å². The van der Waals surface area contributed by atoms with Gasteiger partial charge in [-0.25, -0.2) is 9.59 Å². The molecule has 3 aromatic carbocycles. The van der Waals surface area contributed by atoms with Crippen LogP contribution < -0.4 is 4.18 Å². The molecule has 32 heavy (non-hydrogen) atoms. The summed E-state index contributed by atoms with van der Waals surface area (Å²) in [5.74, 6) is -1.85. The monoisotopic (exact) mass is 480 g/mol. The molecular weight excluding hydrogens is 464 g/mol. The van der Waals surface area contributed by atoms with E-state index in [1.807, 2.05) is 0 Å². The molecule has 0 atom stereocenters. The Morgan fingerprint density at radius 2 is 1.25 bits per heavy atom. The number of ether oxygens (including phenoxy) is 2. The van der Waals surface area contributed by atoms with Crippen LogP contribution in [0.15, 0.2) is 64.4 Å². The van der Waals surface area contributed by atoms with Crippen molar-refractivity contribution in [3.8, 4) is 5.75 Å². The van der Waals surface area contributed by atoms with Crippen LogP contribution in [0.1, 0.15) is 20.7 Å². The van der Waals surface area contributed by atoms with E-state index in [2.05, 4.69) is 9.47 Å². The van der Waals surface area contributed by atoms with Gasteiger partial charge in [0.25, 0.3) is 10.1 Å². The number of fused-ring (bicyclic) bond motifs is 1. The fraction of sp³-hybridized carbons (Fsp3) is 0.100. The van der Waals surface area contributed by atoms with Gasteiger partial charge in [0.05, 0.1) is 30.2 Å². The van der Waals surface area contributed by atoms with Crippen molar-refractivity contribution in [2.45, 2.75) is 9.79 Å². The van der Waals surface area contributed by atoms with Crippen molar-refractivity contribution < 1.29 is 44.6 Å². The lowest BCUT2D eigenvalue weighted by Gasteiger charge is -2.11. The number of esters is 2. The summed E-state index contributed by atoms with van der Waals surface area (Å²) in [5, 5.41) is 0.842. The summed E-state index contributed by atoms with van der Waals surface area (Å²) in [6.07, 6.45) is 0. The minimum absolute atomic E-state index is 0.111. The smallest absolute Gasteiger partial charge is 0.339 e. The fourth-order valence-electron chi connectivity index (χ4n) is 2.80. The Morgan fingerprint density at radius 1 is 0.719 bits per heavy atom. The summed E-state index contributed by atoms with van der Waals surface area (Å²) < 4.78 is 71.6. The van der Waals surface area contributed by atoms with Crippen LogP contribution in [0.3, 0.4) is 0 Å². The Kier molecular flexibility index (Phi) is 6.21. The van der Waals surface area contributed by atoms with Crippen LogP contribution in [0, 0.1) is 0 Å². The molecule has 0 aliphatic carbocycles. The number of methoxy groups -OCH3 is 2. The van der Waals surface area contributed by atoms with Gasteiger partial charge in [-0.15, -0.1) is 0 Å². The van der Waals surface area contributed by atoms with Crippen LogP contribution in [0.25, 0.3) is 10.8 Å². The standard InChI is InChI=1S/C20H16O10S2/c1-28-19(21)14-7-15(20(22)29-2)11-18(10-14)32(26,27)30-16-5-3-13-9-17(31(23,24)25)6-4-12(13)8-16/h3-11H,1-2H3,(H,23,24,25). The van der Waals surface area contributed by atoms with Crippen molar-refractivity contribution in [3.05, 3.63) is 65.7 Å². The van der Waals surface area contributed by atoms with E-state index in [-0.39, 0.29) is 21.8 Å². The van der Waals surface area contributed by atoms with Gasteiger partial charge in [0.15, 0.2) is 0 Å². The third-order valence-corrected chi connectivity index (χ3v) is 6.40. The summed E-state index contributed by atoms with van der Waals surface area (Å²) in [6.45, 7) is 0. The molecule has 3 rings (SSSR count). The van der Waals surface area contributed by atoms with E-state index in [0.29, 0.717) is 10.8 Å². The van der Waals surface area contributed by atoms with Gasteiger partial charge in [-0.3, -0.25) is 4.55 Å². The minimum Gasteiger partial charge on any atom is -0.465 e. The zero-order chi connectivity index (χ0) is 23.7. The molecule has 0 radical (unpaired) electrons. The molecule has 0 saturated carbocycles. The molecule has 0 amide bonds. The molecule has 10 nitrogen and oxygen atoms in total. The molecule has 3 aromatic rings. The highest BCUT2D eigenvalue weighted by Crippen LogP contribution is 2.27. The van der Waals surface area contributed by atoms with E-state index in [9.17, 15) is 26.4 Å². The molecule has 0 bridgehead atoms. The van der Waals surface area contributed by atoms with E-state index in [0.717, 1.165) is 38.5 Å². The van der Waals surface area contributed by atoms with Gasteiger partial charge in [-0.1, -0.05) is 12.1 Å².